The Hall–Kier alpha value is -2.63. The number of likely N-dealkylation sites (tertiary alicyclic amines) is 1. The molecule has 23 heavy (non-hydrogen) atoms. The quantitative estimate of drug-likeness (QED) is 0.918. The standard InChI is InChI=1S/C17H20N4O2/c1-23-15-7-3-2-6-13(15)10-18-17-19-11-14(12-20-17)16(22)21-8-4-5-9-21/h2-3,6-7,11-12H,4-5,8-10H2,1H3,(H,18,19,20). The number of benzene rings is 1. The van der Waals surface area contributed by atoms with Gasteiger partial charge in [-0.05, 0) is 18.9 Å². The predicted octanol–water partition coefficient (Wildman–Crippen LogP) is 2.33. The average molecular weight is 312 g/mol. The lowest BCUT2D eigenvalue weighted by Gasteiger charge is -2.14. The molecular weight excluding hydrogens is 292 g/mol. The van der Waals surface area contributed by atoms with Crippen LogP contribution in [-0.4, -0.2) is 41.0 Å². The fourth-order valence-electron chi connectivity index (χ4n) is 2.66. The maximum absolute atomic E-state index is 12.2. The zero-order valence-electron chi connectivity index (χ0n) is 13.2. The minimum Gasteiger partial charge on any atom is -0.496 e. The van der Waals surface area contributed by atoms with Crippen molar-refractivity contribution in [3.05, 3.63) is 47.8 Å². The molecule has 1 aromatic heterocycles. The molecule has 3 rings (SSSR count). The van der Waals surface area contributed by atoms with Crippen molar-refractivity contribution < 1.29 is 9.53 Å². The van der Waals surface area contributed by atoms with Crippen LogP contribution in [0.2, 0.25) is 0 Å². The third-order valence-electron chi connectivity index (χ3n) is 3.92. The molecule has 120 valence electrons. The smallest absolute Gasteiger partial charge is 0.256 e. The summed E-state index contributed by atoms with van der Waals surface area (Å²) in [5.41, 5.74) is 1.56. The maximum atomic E-state index is 12.2. The average Bonchev–Trinajstić information content (AvgIpc) is 3.14. The number of para-hydroxylation sites is 1. The van der Waals surface area contributed by atoms with Gasteiger partial charge < -0.3 is 15.0 Å². The SMILES string of the molecule is COc1ccccc1CNc1ncc(C(=O)N2CCCC2)cn1. The summed E-state index contributed by atoms with van der Waals surface area (Å²) in [4.78, 5) is 22.5. The van der Waals surface area contributed by atoms with E-state index in [1.165, 1.54) is 0 Å². The number of nitrogens with zero attached hydrogens (tertiary/aromatic N) is 3. The number of hydrogen-bond donors (Lipinski definition) is 1. The summed E-state index contributed by atoms with van der Waals surface area (Å²) in [6, 6.07) is 7.78. The van der Waals surface area contributed by atoms with E-state index in [2.05, 4.69) is 15.3 Å². The molecule has 1 saturated heterocycles. The van der Waals surface area contributed by atoms with E-state index in [1.54, 1.807) is 19.5 Å². The van der Waals surface area contributed by atoms with E-state index < -0.39 is 0 Å². The number of hydrogen-bond acceptors (Lipinski definition) is 5. The summed E-state index contributed by atoms with van der Waals surface area (Å²) in [7, 11) is 1.65. The van der Waals surface area contributed by atoms with Gasteiger partial charge in [0.2, 0.25) is 5.95 Å². The van der Waals surface area contributed by atoms with Crippen LogP contribution in [0.25, 0.3) is 0 Å². The normalized spacial score (nSPS) is 13.9. The second-order valence-electron chi connectivity index (χ2n) is 5.46. The highest BCUT2D eigenvalue weighted by atomic mass is 16.5. The summed E-state index contributed by atoms with van der Waals surface area (Å²) >= 11 is 0. The number of methoxy groups -OCH3 is 1. The fraction of sp³-hybridized carbons (Fsp3) is 0.353. The lowest BCUT2D eigenvalue weighted by molar-refractivity contribution is 0.0792. The van der Waals surface area contributed by atoms with Crippen LogP contribution in [0.4, 0.5) is 5.95 Å². The lowest BCUT2D eigenvalue weighted by Crippen LogP contribution is -2.27. The number of nitrogens with one attached hydrogen (secondary N) is 1. The molecule has 1 amide bonds. The van der Waals surface area contributed by atoms with E-state index in [1.807, 2.05) is 29.2 Å². The van der Waals surface area contributed by atoms with Crippen molar-refractivity contribution >= 4 is 11.9 Å². The summed E-state index contributed by atoms with van der Waals surface area (Å²) in [5.74, 6) is 1.33. The van der Waals surface area contributed by atoms with E-state index in [-0.39, 0.29) is 5.91 Å². The number of aromatic nitrogens is 2. The highest BCUT2D eigenvalue weighted by molar-refractivity contribution is 5.93. The third kappa shape index (κ3) is 3.59. The van der Waals surface area contributed by atoms with Gasteiger partial charge in [-0.3, -0.25) is 4.79 Å². The first kappa shape index (κ1) is 15.3. The van der Waals surface area contributed by atoms with E-state index in [4.69, 9.17) is 4.74 Å². The topological polar surface area (TPSA) is 67.3 Å². The molecule has 2 aromatic rings. The van der Waals surface area contributed by atoms with Crippen LogP contribution in [0.3, 0.4) is 0 Å². The molecule has 2 heterocycles. The van der Waals surface area contributed by atoms with Crippen LogP contribution in [0.5, 0.6) is 5.75 Å². The Kier molecular flexibility index (Phi) is 4.71. The Labute approximate surface area is 135 Å². The Morgan fingerprint density at radius 1 is 1.22 bits per heavy atom. The number of amides is 1. The molecule has 0 atom stereocenters. The number of rotatable bonds is 5. The Morgan fingerprint density at radius 3 is 2.61 bits per heavy atom. The molecule has 0 aliphatic carbocycles. The van der Waals surface area contributed by atoms with Crippen molar-refractivity contribution in [2.45, 2.75) is 19.4 Å². The van der Waals surface area contributed by atoms with Gasteiger partial charge in [-0.1, -0.05) is 18.2 Å². The highest BCUT2D eigenvalue weighted by Gasteiger charge is 2.19. The van der Waals surface area contributed by atoms with Crippen LogP contribution >= 0.6 is 0 Å². The maximum Gasteiger partial charge on any atom is 0.256 e. The Balaban J connectivity index is 1.62. The zero-order chi connectivity index (χ0) is 16.1. The number of carbonyl (C=O) groups excluding carboxylic acids is 1. The van der Waals surface area contributed by atoms with Crippen LogP contribution in [0.15, 0.2) is 36.7 Å². The summed E-state index contributed by atoms with van der Waals surface area (Å²) in [6.07, 6.45) is 5.31. The van der Waals surface area contributed by atoms with E-state index in [0.717, 1.165) is 37.2 Å². The summed E-state index contributed by atoms with van der Waals surface area (Å²) in [6.45, 7) is 2.21. The minimum atomic E-state index is 0.0128. The van der Waals surface area contributed by atoms with E-state index in [0.29, 0.717) is 18.1 Å². The zero-order valence-corrected chi connectivity index (χ0v) is 13.2. The molecule has 1 aliphatic heterocycles. The van der Waals surface area contributed by atoms with E-state index >= 15 is 0 Å². The minimum absolute atomic E-state index is 0.0128. The molecule has 1 N–H and O–H groups in total. The summed E-state index contributed by atoms with van der Waals surface area (Å²) in [5, 5.41) is 3.14. The van der Waals surface area contributed by atoms with Gasteiger partial charge in [-0.15, -0.1) is 0 Å². The molecule has 0 saturated carbocycles. The molecular formula is C17H20N4O2. The highest BCUT2D eigenvalue weighted by Crippen LogP contribution is 2.18. The largest absolute Gasteiger partial charge is 0.496 e. The molecule has 6 nitrogen and oxygen atoms in total. The van der Waals surface area contributed by atoms with Gasteiger partial charge in [0.15, 0.2) is 0 Å². The first-order chi connectivity index (χ1) is 11.3. The molecule has 1 fully saturated rings. The first-order valence-corrected chi connectivity index (χ1v) is 7.75. The molecule has 1 aliphatic rings. The Bertz CT molecular complexity index is 667. The van der Waals surface area contributed by atoms with Crippen LogP contribution in [0, 0.1) is 0 Å². The van der Waals surface area contributed by atoms with Crippen molar-refractivity contribution in [3.63, 3.8) is 0 Å². The Morgan fingerprint density at radius 2 is 1.91 bits per heavy atom. The molecule has 0 spiro atoms. The van der Waals surface area contributed by atoms with Crippen LogP contribution in [-0.2, 0) is 6.54 Å². The second-order valence-corrected chi connectivity index (χ2v) is 5.46. The van der Waals surface area contributed by atoms with Gasteiger partial charge in [0.05, 0.1) is 12.7 Å². The van der Waals surface area contributed by atoms with Gasteiger partial charge in [-0.2, -0.15) is 0 Å². The van der Waals surface area contributed by atoms with Crippen molar-refractivity contribution in [2.24, 2.45) is 0 Å². The van der Waals surface area contributed by atoms with Gasteiger partial charge in [-0.25, -0.2) is 9.97 Å². The van der Waals surface area contributed by atoms with Crippen molar-refractivity contribution in [1.29, 1.82) is 0 Å². The molecule has 0 bridgehead atoms. The number of anilines is 1. The molecule has 1 aromatic carbocycles. The van der Waals surface area contributed by atoms with Gasteiger partial charge >= 0.3 is 0 Å². The molecule has 6 heteroatoms. The first-order valence-electron chi connectivity index (χ1n) is 7.75. The monoisotopic (exact) mass is 312 g/mol. The lowest BCUT2D eigenvalue weighted by atomic mass is 10.2. The van der Waals surface area contributed by atoms with Gasteiger partial charge in [0.25, 0.3) is 5.91 Å². The third-order valence-corrected chi connectivity index (χ3v) is 3.92. The van der Waals surface area contributed by atoms with Crippen molar-refractivity contribution in [2.75, 3.05) is 25.5 Å². The van der Waals surface area contributed by atoms with Gasteiger partial charge in [0.1, 0.15) is 5.75 Å². The molecule has 0 radical (unpaired) electrons. The predicted molar refractivity (Wildman–Crippen MR) is 87.5 cm³/mol. The molecule has 0 unspecified atom stereocenters. The van der Waals surface area contributed by atoms with Gasteiger partial charge in [0, 0.05) is 37.6 Å². The van der Waals surface area contributed by atoms with Crippen molar-refractivity contribution in [1.82, 2.24) is 14.9 Å². The van der Waals surface area contributed by atoms with E-state index in [9.17, 15) is 4.79 Å². The summed E-state index contributed by atoms with van der Waals surface area (Å²) < 4.78 is 5.31. The number of carbonyl (C=O) groups is 1. The number of ether oxygens (including phenoxy) is 1. The van der Waals surface area contributed by atoms with Crippen molar-refractivity contribution in [3.8, 4) is 5.75 Å². The van der Waals surface area contributed by atoms with Crippen LogP contribution in [0.1, 0.15) is 28.8 Å². The second kappa shape index (κ2) is 7.09. The van der Waals surface area contributed by atoms with Crippen LogP contribution < -0.4 is 10.1 Å². The fourth-order valence-corrected chi connectivity index (χ4v) is 2.66.